The van der Waals surface area contributed by atoms with Crippen LogP contribution < -0.4 is 29.7 Å². The van der Waals surface area contributed by atoms with Crippen molar-refractivity contribution in [2.75, 3.05) is 31.6 Å². The quantitative estimate of drug-likeness (QED) is 0.159. The molecule has 1 aliphatic heterocycles. The lowest BCUT2D eigenvalue weighted by Gasteiger charge is -2.36. The number of alkyl carbamates (subject to hydrolysis) is 1. The van der Waals surface area contributed by atoms with Crippen LogP contribution in [-0.4, -0.2) is 103 Å². The Labute approximate surface area is 359 Å². The molecule has 0 radical (unpaired) electrons. The highest BCUT2D eigenvalue weighted by molar-refractivity contribution is 7.91. The topological polar surface area (TPSA) is 186 Å². The molecular weight excluding hydrogens is 801 g/mol. The van der Waals surface area contributed by atoms with Crippen molar-refractivity contribution in [1.29, 1.82) is 0 Å². The van der Waals surface area contributed by atoms with E-state index in [4.69, 9.17) is 19.2 Å². The molecule has 1 unspecified atom stereocenters. The monoisotopic (exact) mass is 860 g/mol. The minimum Gasteiger partial charge on any atom is -0.497 e. The van der Waals surface area contributed by atoms with Gasteiger partial charge in [0.2, 0.25) is 27.7 Å². The van der Waals surface area contributed by atoms with Crippen molar-refractivity contribution < 1.29 is 41.8 Å². The molecule has 2 aromatic carbocycles. The van der Waals surface area contributed by atoms with Gasteiger partial charge in [0.05, 0.1) is 24.6 Å². The van der Waals surface area contributed by atoms with Gasteiger partial charge in [0.25, 0.3) is 5.91 Å². The van der Waals surface area contributed by atoms with Crippen molar-refractivity contribution in [2.24, 2.45) is 11.3 Å². The number of ether oxygens (including phenoxy) is 3. The van der Waals surface area contributed by atoms with Crippen LogP contribution in [0.5, 0.6) is 11.6 Å². The van der Waals surface area contributed by atoms with Crippen LogP contribution in [-0.2, 0) is 29.1 Å². The van der Waals surface area contributed by atoms with Gasteiger partial charge in [0, 0.05) is 42.1 Å². The summed E-state index contributed by atoms with van der Waals surface area (Å²) in [6, 6.07) is 13.2. The van der Waals surface area contributed by atoms with Crippen molar-refractivity contribution in [3.05, 3.63) is 61.2 Å². The first-order valence-electron chi connectivity index (χ1n) is 20.9. The largest absolute Gasteiger partial charge is 0.497 e. The van der Waals surface area contributed by atoms with E-state index in [-0.39, 0.29) is 25.3 Å². The molecule has 2 saturated carbocycles. The third kappa shape index (κ3) is 10.1. The zero-order chi connectivity index (χ0) is 44.7. The molecule has 1 aromatic heterocycles. The van der Waals surface area contributed by atoms with Gasteiger partial charge in [-0.2, -0.15) is 0 Å². The number of pyridine rings is 1. The molecule has 3 N–H and O–H groups in total. The summed E-state index contributed by atoms with van der Waals surface area (Å²) < 4.78 is 45.6. The summed E-state index contributed by atoms with van der Waals surface area (Å²) in [5, 5.41) is 6.37. The van der Waals surface area contributed by atoms with Crippen LogP contribution in [0.25, 0.3) is 22.0 Å². The number of carbonyl (C=O) groups is 4. The van der Waals surface area contributed by atoms with Gasteiger partial charge < -0.3 is 34.6 Å². The van der Waals surface area contributed by atoms with Gasteiger partial charge in [-0.05, 0) is 101 Å². The number of rotatable bonds is 15. The number of methoxy groups -OCH3 is 1. The van der Waals surface area contributed by atoms with Crippen LogP contribution >= 0.6 is 0 Å². The van der Waals surface area contributed by atoms with E-state index in [2.05, 4.69) is 40.7 Å². The van der Waals surface area contributed by atoms with Gasteiger partial charge in [0.1, 0.15) is 35.1 Å². The zero-order valence-electron chi connectivity index (χ0n) is 36.7. The third-order valence-electron chi connectivity index (χ3n) is 11.4. The molecule has 3 aliphatic rings. The Morgan fingerprint density at radius 2 is 1.69 bits per heavy atom. The van der Waals surface area contributed by atoms with Gasteiger partial charge in [-0.15, -0.1) is 6.58 Å². The molecule has 1 saturated heterocycles. The molecule has 16 heteroatoms. The number of carbonyl (C=O) groups excluding carboxylic acids is 4. The lowest BCUT2D eigenvalue weighted by molar-refractivity contribution is -0.143. The number of nitrogens with zero attached hydrogens (tertiary/aromatic N) is 3. The minimum atomic E-state index is -3.93. The normalized spacial score (nSPS) is 21.9. The van der Waals surface area contributed by atoms with E-state index in [1.54, 1.807) is 54.7 Å². The third-order valence-corrected chi connectivity index (χ3v) is 13.3. The first-order valence-corrected chi connectivity index (χ1v) is 22.5. The fourth-order valence-electron chi connectivity index (χ4n) is 7.79. The van der Waals surface area contributed by atoms with Crippen molar-refractivity contribution >= 4 is 50.3 Å². The summed E-state index contributed by atoms with van der Waals surface area (Å²) in [5.41, 5.74) is -0.714. The van der Waals surface area contributed by atoms with Crippen molar-refractivity contribution in [2.45, 2.75) is 116 Å². The zero-order valence-corrected chi connectivity index (χ0v) is 37.5. The van der Waals surface area contributed by atoms with Gasteiger partial charge in [-0.1, -0.05) is 39.0 Å². The lowest BCUT2D eigenvalue weighted by atomic mass is 9.85. The van der Waals surface area contributed by atoms with E-state index >= 15 is 0 Å². The Bertz CT molecular complexity index is 2280. The molecule has 4 amide bonds. The van der Waals surface area contributed by atoms with Crippen molar-refractivity contribution in [1.82, 2.24) is 25.2 Å². The predicted molar refractivity (Wildman–Crippen MR) is 234 cm³/mol. The maximum absolute atomic E-state index is 14.8. The number of amides is 4. The first kappa shape index (κ1) is 45.2. The molecular formula is C45H60N6O9S. The second kappa shape index (κ2) is 17.2. The number of nitrogens with one attached hydrogen (secondary N) is 3. The van der Waals surface area contributed by atoms with E-state index in [9.17, 15) is 27.6 Å². The molecule has 0 bridgehead atoms. The minimum absolute atomic E-state index is 0.0141. The molecule has 0 spiro atoms. The number of sulfonamides is 1. The summed E-state index contributed by atoms with van der Waals surface area (Å²) in [7, 11) is -2.34. The Kier molecular flexibility index (Phi) is 12.7. The molecule has 3 fully saturated rings. The number of fused-ring (bicyclic) bond motifs is 1. The maximum Gasteiger partial charge on any atom is 0.408 e. The standard InChI is InChI=1S/C45H60N6O9S/c1-11-29-25-45(29,41(54)49-61(56,57)33-19-20-33)48-38(52)36-24-32(26-51(36)40(53)37(43(4,5)6)47-42(55)60-44(7,8)9)59-39-34-21-18-31(58-10)22-28(34)23-35(46-39)27-14-16-30(17-15-27)50(12-2)13-3/h11,14-18,21-23,29,32-33,36-37H,1,12-13,19-20,24-26H2,2-10H3,(H,47,55)(H,48,52)(H,49,54)/t29?,32-,36+,37-,45-/m1/s1. The fourth-order valence-corrected chi connectivity index (χ4v) is 9.16. The molecule has 61 heavy (non-hydrogen) atoms. The number of aromatic nitrogens is 1. The van der Waals surface area contributed by atoms with E-state index in [1.807, 2.05) is 42.5 Å². The highest BCUT2D eigenvalue weighted by atomic mass is 32.2. The van der Waals surface area contributed by atoms with Gasteiger partial charge in [0.15, 0.2) is 0 Å². The van der Waals surface area contributed by atoms with Gasteiger partial charge >= 0.3 is 6.09 Å². The van der Waals surface area contributed by atoms with Crippen LogP contribution in [0.3, 0.4) is 0 Å². The molecule has 15 nitrogen and oxygen atoms in total. The maximum atomic E-state index is 14.8. The highest BCUT2D eigenvalue weighted by Gasteiger charge is 2.62. The molecule has 2 heterocycles. The molecule has 3 aromatic rings. The average molecular weight is 861 g/mol. The molecule has 6 rings (SSSR count). The molecule has 5 atom stereocenters. The summed E-state index contributed by atoms with van der Waals surface area (Å²) in [5.74, 6) is -1.74. The Morgan fingerprint density at radius 3 is 2.25 bits per heavy atom. The average Bonchev–Trinajstić information content (AvgIpc) is 4.13. The Morgan fingerprint density at radius 1 is 1.02 bits per heavy atom. The number of hydrogen-bond donors (Lipinski definition) is 3. The van der Waals surface area contributed by atoms with Crippen molar-refractivity contribution in [3.63, 3.8) is 0 Å². The van der Waals surface area contributed by atoms with Crippen LogP contribution in [0.2, 0.25) is 0 Å². The number of likely N-dealkylation sites (tertiary alicyclic amines) is 1. The Hall–Kier alpha value is -5.38. The fraction of sp³-hybridized carbons (Fsp3) is 0.533. The summed E-state index contributed by atoms with van der Waals surface area (Å²) in [6.45, 7) is 20.2. The van der Waals surface area contributed by atoms with E-state index in [1.165, 1.54) is 11.0 Å². The van der Waals surface area contributed by atoms with Crippen LogP contribution in [0.15, 0.2) is 61.2 Å². The predicted octanol–water partition coefficient (Wildman–Crippen LogP) is 5.71. The number of anilines is 1. The van der Waals surface area contributed by atoms with Crippen molar-refractivity contribution in [3.8, 4) is 22.9 Å². The summed E-state index contributed by atoms with van der Waals surface area (Å²) >= 11 is 0. The summed E-state index contributed by atoms with van der Waals surface area (Å²) in [4.78, 5) is 64.7. The highest BCUT2D eigenvalue weighted by Crippen LogP contribution is 2.46. The molecule has 2 aliphatic carbocycles. The van der Waals surface area contributed by atoms with Gasteiger partial charge in [-0.3, -0.25) is 19.1 Å². The van der Waals surface area contributed by atoms with E-state index in [0.29, 0.717) is 29.7 Å². The number of benzene rings is 2. The lowest BCUT2D eigenvalue weighted by Crippen LogP contribution is -2.60. The second-order valence-electron chi connectivity index (χ2n) is 18.2. The number of hydrogen-bond acceptors (Lipinski definition) is 11. The smallest absolute Gasteiger partial charge is 0.408 e. The van der Waals surface area contributed by atoms with E-state index in [0.717, 1.165) is 29.7 Å². The SMILES string of the molecule is C=CC1C[C@]1(NC(=O)[C@@H]1C[C@@H](Oc2nc(-c3ccc(N(CC)CC)cc3)cc3cc(OC)ccc23)CN1C(=O)[C@@H](NC(=O)OC(C)(C)C)C(C)(C)C)C(=O)NS(=O)(=O)C1CC1. The van der Waals surface area contributed by atoms with Crippen LogP contribution in [0, 0.1) is 11.3 Å². The van der Waals surface area contributed by atoms with E-state index < -0.39 is 79.7 Å². The first-order chi connectivity index (χ1) is 28.6. The summed E-state index contributed by atoms with van der Waals surface area (Å²) in [6.07, 6.45) is 0.924. The Balaban J connectivity index is 1.35. The van der Waals surface area contributed by atoms with Crippen LogP contribution in [0.1, 0.15) is 81.1 Å². The molecule has 330 valence electrons. The second-order valence-corrected chi connectivity index (χ2v) is 20.2. The van der Waals surface area contributed by atoms with Gasteiger partial charge in [-0.25, -0.2) is 18.2 Å². The van der Waals surface area contributed by atoms with Crippen LogP contribution in [0.4, 0.5) is 10.5 Å².